The number of hydrogen-bond acceptors (Lipinski definition) is 5. The van der Waals surface area contributed by atoms with Gasteiger partial charge in [-0.15, -0.1) is 0 Å². The summed E-state index contributed by atoms with van der Waals surface area (Å²) in [5.41, 5.74) is -1.89. The van der Waals surface area contributed by atoms with Gasteiger partial charge in [0.1, 0.15) is 11.4 Å². The second-order valence-electron chi connectivity index (χ2n) is 9.80. The molecule has 6 nitrogen and oxygen atoms in total. The first kappa shape index (κ1) is 24.3. The highest BCUT2D eigenvalue weighted by molar-refractivity contribution is 5.70. The van der Waals surface area contributed by atoms with Crippen molar-refractivity contribution in [2.45, 2.75) is 63.0 Å². The van der Waals surface area contributed by atoms with Gasteiger partial charge in [-0.1, -0.05) is 30.3 Å². The molecule has 1 amide bonds. The number of anilines is 1. The molecule has 4 rings (SSSR count). The molecule has 2 atom stereocenters. The molecule has 0 bridgehead atoms. The molecule has 1 N–H and O–H groups in total. The standard InChI is InChI=1S/C25H30F3N3O3/c1-23(2,33)17-24(18-7-4-3-5-8-18)11-14-31(22(32)34-24)20-9-6-13-30(16-20)21-15-19(10-12-29-21)25(26,27)28/h3-5,7-8,10,12,15,20,33H,6,9,11,13-14,16-17H2,1-2H3/t20-,24-/m0/s1. The average Bonchev–Trinajstić information content (AvgIpc) is 2.78. The maximum absolute atomic E-state index is 13.2. The molecule has 2 fully saturated rings. The van der Waals surface area contributed by atoms with Crippen molar-refractivity contribution >= 4 is 11.9 Å². The van der Waals surface area contributed by atoms with E-state index in [1.54, 1.807) is 23.6 Å². The molecular weight excluding hydrogens is 447 g/mol. The Hall–Kier alpha value is -2.81. The van der Waals surface area contributed by atoms with Gasteiger partial charge in [0.05, 0.1) is 17.2 Å². The van der Waals surface area contributed by atoms with Gasteiger partial charge < -0.3 is 19.6 Å². The van der Waals surface area contributed by atoms with Gasteiger partial charge in [0.15, 0.2) is 0 Å². The number of piperidine rings is 1. The van der Waals surface area contributed by atoms with Crippen molar-refractivity contribution < 1.29 is 27.8 Å². The fourth-order valence-electron chi connectivity index (χ4n) is 5.06. The molecule has 1 aromatic carbocycles. The van der Waals surface area contributed by atoms with Gasteiger partial charge in [0, 0.05) is 38.7 Å². The van der Waals surface area contributed by atoms with Crippen molar-refractivity contribution in [3.05, 3.63) is 59.8 Å². The first-order valence-corrected chi connectivity index (χ1v) is 11.5. The lowest BCUT2D eigenvalue weighted by Crippen LogP contribution is -2.57. The minimum atomic E-state index is -4.44. The number of amides is 1. The second-order valence-corrected chi connectivity index (χ2v) is 9.80. The van der Waals surface area contributed by atoms with Crippen molar-refractivity contribution in [3.63, 3.8) is 0 Å². The summed E-state index contributed by atoms with van der Waals surface area (Å²) >= 11 is 0. The summed E-state index contributed by atoms with van der Waals surface area (Å²) < 4.78 is 45.5. The molecule has 184 valence electrons. The van der Waals surface area contributed by atoms with Gasteiger partial charge in [0.25, 0.3) is 0 Å². The summed E-state index contributed by atoms with van der Waals surface area (Å²) in [6, 6.07) is 11.3. The quantitative estimate of drug-likeness (QED) is 0.659. The van der Waals surface area contributed by atoms with Gasteiger partial charge in [-0.3, -0.25) is 0 Å². The number of cyclic esters (lactones) is 1. The second kappa shape index (κ2) is 9.09. The molecule has 0 spiro atoms. The maximum atomic E-state index is 13.2. The highest BCUT2D eigenvalue weighted by Gasteiger charge is 2.47. The van der Waals surface area contributed by atoms with E-state index in [-0.39, 0.29) is 18.3 Å². The van der Waals surface area contributed by atoms with Crippen LogP contribution in [-0.4, -0.2) is 52.4 Å². The molecule has 2 aromatic rings. The van der Waals surface area contributed by atoms with Crippen LogP contribution in [0.4, 0.5) is 23.8 Å². The summed E-state index contributed by atoms with van der Waals surface area (Å²) in [4.78, 5) is 20.8. The SMILES string of the molecule is CC(C)(O)C[C@]1(c2ccccc2)CCN([C@H]2CCCN(c3cc(C(F)(F)F)ccn3)C2)C(=O)O1. The number of alkyl halides is 3. The molecule has 2 aliphatic rings. The van der Waals surface area contributed by atoms with Crippen LogP contribution in [0.2, 0.25) is 0 Å². The zero-order chi connectivity index (χ0) is 24.6. The third-order valence-electron chi connectivity index (χ3n) is 6.53. The molecule has 2 saturated heterocycles. The summed E-state index contributed by atoms with van der Waals surface area (Å²) in [6.45, 7) is 4.77. The Morgan fingerprint density at radius 3 is 2.56 bits per heavy atom. The van der Waals surface area contributed by atoms with E-state index in [0.717, 1.165) is 30.5 Å². The average molecular weight is 478 g/mol. The van der Waals surface area contributed by atoms with Crippen LogP contribution in [-0.2, 0) is 16.5 Å². The van der Waals surface area contributed by atoms with E-state index < -0.39 is 29.0 Å². The van der Waals surface area contributed by atoms with Crippen molar-refractivity contribution in [1.29, 1.82) is 0 Å². The van der Waals surface area contributed by atoms with E-state index in [4.69, 9.17) is 4.74 Å². The highest BCUT2D eigenvalue weighted by Crippen LogP contribution is 2.41. The van der Waals surface area contributed by atoms with Crippen molar-refractivity contribution in [1.82, 2.24) is 9.88 Å². The molecule has 3 heterocycles. The fourth-order valence-corrected chi connectivity index (χ4v) is 5.06. The van der Waals surface area contributed by atoms with Crippen molar-refractivity contribution in [2.75, 3.05) is 24.5 Å². The first-order chi connectivity index (χ1) is 16.0. The highest BCUT2D eigenvalue weighted by atomic mass is 19.4. The van der Waals surface area contributed by atoms with E-state index >= 15 is 0 Å². The smallest absolute Gasteiger partial charge is 0.416 e. The van der Waals surface area contributed by atoms with Gasteiger partial charge in [-0.2, -0.15) is 13.2 Å². The summed E-state index contributed by atoms with van der Waals surface area (Å²) in [7, 11) is 0. The molecule has 0 saturated carbocycles. The maximum Gasteiger partial charge on any atom is 0.416 e. The Labute approximate surface area is 197 Å². The number of aromatic nitrogens is 1. The lowest BCUT2D eigenvalue weighted by Gasteiger charge is -2.47. The number of hydrogen-bond donors (Lipinski definition) is 1. The molecular formula is C25H30F3N3O3. The predicted molar refractivity (Wildman–Crippen MR) is 121 cm³/mol. The predicted octanol–water partition coefficient (Wildman–Crippen LogP) is 4.97. The molecule has 2 aliphatic heterocycles. The number of rotatable bonds is 5. The zero-order valence-corrected chi connectivity index (χ0v) is 19.4. The Bertz CT molecular complexity index is 1010. The Morgan fingerprint density at radius 1 is 1.18 bits per heavy atom. The fraction of sp³-hybridized carbons (Fsp3) is 0.520. The number of halogens is 3. The Morgan fingerprint density at radius 2 is 1.91 bits per heavy atom. The number of ether oxygens (including phenoxy) is 1. The zero-order valence-electron chi connectivity index (χ0n) is 19.4. The van der Waals surface area contributed by atoms with Crippen LogP contribution in [0.25, 0.3) is 0 Å². The van der Waals surface area contributed by atoms with Crippen molar-refractivity contribution in [3.8, 4) is 0 Å². The van der Waals surface area contributed by atoms with Crippen molar-refractivity contribution in [2.24, 2.45) is 0 Å². The van der Waals surface area contributed by atoms with Crippen LogP contribution in [0.5, 0.6) is 0 Å². The third kappa shape index (κ3) is 5.29. The van der Waals surface area contributed by atoms with E-state index in [1.165, 1.54) is 6.20 Å². The largest absolute Gasteiger partial charge is 0.438 e. The summed E-state index contributed by atoms with van der Waals surface area (Å²) in [6.07, 6.45) is -1.52. The van der Waals surface area contributed by atoms with E-state index in [9.17, 15) is 23.1 Å². The van der Waals surface area contributed by atoms with E-state index in [0.29, 0.717) is 26.1 Å². The minimum Gasteiger partial charge on any atom is -0.438 e. The number of carbonyl (C=O) groups excluding carboxylic acids is 1. The molecule has 0 radical (unpaired) electrons. The minimum absolute atomic E-state index is 0.200. The number of aliphatic hydroxyl groups is 1. The first-order valence-electron chi connectivity index (χ1n) is 11.5. The molecule has 0 unspecified atom stereocenters. The monoisotopic (exact) mass is 477 g/mol. The van der Waals surface area contributed by atoms with Crippen LogP contribution in [0.3, 0.4) is 0 Å². The topological polar surface area (TPSA) is 65.9 Å². The van der Waals surface area contributed by atoms with Crippen LogP contribution in [0, 0.1) is 0 Å². The Kier molecular flexibility index (Phi) is 6.50. The van der Waals surface area contributed by atoms with E-state index in [1.807, 2.05) is 30.3 Å². The summed E-state index contributed by atoms with van der Waals surface area (Å²) in [5, 5.41) is 10.5. The Balaban J connectivity index is 1.51. The number of carbonyl (C=O) groups is 1. The van der Waals surface area contributed by atoms with E-state index in [2.05, 4.69) is 4.98 Å². The molecule has 0 aliphatic carbocycles. The van der Waals surface area contributed by atoms with Crippen LogP contribution < -0.4 is 4.90 Å². The third-order valence-corrected chi connectivity index (χ3v) is 6.53. The lowest BCUT2D eigenvalue weighted by molar-refractivity contribution is -0.137. The number of nitrogens with zero attached hydrogens (tertiary/aromatic N) is 3. The summed E-state index contributed by atoms with van der Waals surface area (Å²) in [5.74, 6) is 0.255. The lowest BCUT2D eigenvalue weighted by atomic mass is 9.80. The number of pyridine rings is 1. The molecule has 34 heavy (non-hydrogen) atoms. The van der Waals surface area contributed by atoms with Gasteiger partial charge >= 0.3 is 12.3 Å². The van der Waals surface area contributed by atoms with Gasteiger partial charge in [-0.25, -0.2) is 9.78 Å². The molecule has 1 aromatic heterocycles. The van der Waals surface area contributed by atoms with Crippen LogP contribution in [0.1, 0.15) is 50.7 Å². The normalized spacial score (nSPS) is 24.2. The van der Waals surface area contributed by atoms with Crippen LogP contribution >= 0.6 is 0 Å². The number of benzene rings is 1. The van der Waals surface area contributed by atoms with Gasteiger partial charge in [0.2, 0.25) is 0 Å². The molecule has 9 heteroatoms. The van der Waals surface area contributed by atoms with Gasteiger partial charge in [-0.05, 0) is 44.4 Å². The van der Waals surface area contributed by atoms with Crippen LogP contribution in [0.15, 0.2) is 48.7 Å².